The third-order valence-electron chi connectivity index (χ3n) is 23.9. The summed E-state index contributed by atoms with van der Waals surface area (Å²) in [4.78, 5) is 14.2. The van der Waals surface area contributed by atoms with E-state index in [9.17, 15) is 8.78 Å². The topological polar surface area (TPSA) is 62.7 Å². The molecule has 0 saturated heterocycles. The van der Waals surface area contributed by atoms with Crippen LogP contribution >= 0.6 is 11.3 Å². The van der Waals surface area contributed by atoms with Gasteiger partial charge in [-0.2, -0.15) is 0 Å². The van der Waals surface area contributed by atoms with Gasteiger partial charge in [0.2, 0.25) is 0 Å². The van der Waals surface area contributed by atoms with Gasteiger partial charge in [-0.05, 0) is 256 Å². The maximum atomic E-state index is 14.8. The minimum atomic E-state index is -0.912. The first-order chi connectivity index (χ1) is 59.5. The lowest BCUT2D eigenvalue weighted by Crippen LogP contribution is -2.28. The number of fused-ring (bicyclic) bond motifs is 13. The van der Waals surface area contributed by atoms with E-state index in [1.807, 2.05) is 146 Å². The van der Waals surface area contributed by atoms with Crippen molar-refractivity contribution < 1.29 is 27.7 Å². The normalized spacial score (nSPS) is 12.6. The van der Waals surface area contributed by atoms with Crippen LogP contribution in [0.5, 0.6) is 46.0 Å². The van der Waals surface area contributed by atoms with Crippen molar-refractivity contribution in [3.05, 3.63) is 469 Å². The maximum absolute atomic E-state index is 14.8. The van der Waals surface area contributed by atoms with E-state index < -0.39 is 10.8 Å². The Morgan fingerprint density at radius 3 is 0.810 bits per heavy atom. The highest BCUT2D eigenvalue weighted by Crippen LogP contribution is 2.63. The summed E-state index contributed by atoms with van der Waals surface area (Å²) in [5, 5.41) is 3.62. The lowest BCUT2D eigenvalue weighted by molar-refractivity contribution is 0.481. The Balaban J connectivity index is 0.819. The standard InChI is InChI=1S/C112H72F2N2O4S/c1-5-69-23-49-83(50-24-69)117-87-57-37-77(38-58-87)111(78-39-59-88(60-40-78)118-84-51-25-70(6-2)26-52-84)99-19-11-9-15-93(99)103-95(17-13-21-101(103)111)109-107-108(116-106-92-66-36-76(74-33-47-82(114)48-34-74)68-98(92)97-67-75(35-65-91(97)105(106)115-107)73-31-45-81(113)46-32-73)110(121-109)96-18-14-22-102-104(96)94-16-10-12-20-100(94)112(102,79-41-61-89(62-42-79)119-85-53-27-71(7-3)28-54-85)80-43-63-90(64-44-80)120-86-55-29-72(8-4)30-56-86/h5-68H,1-4H2. The van der Waals surface area contributed by atoms with Gasteiger partial charge in [-0.15, -0.1) is 11.3 Å². The molecule has 0 aliphatic heterocycles. The van der Waals surface area contributed by atoms with Gasteiger partial charge < -0.3 is 18.9 Å². The molecular formula is C112H72F2N2O4S. The van der Waals surface area contributed by atoms with Crippen LogP contribution in [0.3, 0.4) is 0 Å². The van der Waals surface area contributed by atoms with E-state index in [2.05, 4.69) is 245 Å². The van der Waals surface area contributed by atoms with Crippen molar-refractivity contribution >= 4 is 79.3 Å². The SMILES string of the molecule is C=Cc1ccc(Oc2ccc(C3(c4ccc(Oc5ccc(C=C)cc5)cc4)c4ccccc4-c4c(-c5sc(-c6cccc7c6-c6ccccc6C7(c6ccc(Oc7ccc(C=C)cc7)cc6)c6ccc(Oc7ccc(C=C)cc7)cc6)c6nc7c8ccc(-c9ccc(F)cc9)cc8c8cc(-c9ccc(F)cc9)ccc8c7nc56)cccc43)cc2)cc1. The average Bonchev–Trinajstić information content (AvgIpc) is 1.53. The van der Waals surface area contributed by atoms with Crippen LogP contribution in [-0.2, 0) is 10.8 Å². The molecule has 0 atom stereocenters. The molecule has 0 fully saturated rings. The Labute approximate surface area is 703 Å². The number of rotatable bonds is 20. The summed E-state index contributed by atoms with van der Waals surface area (Å²) in [6.07, 6.45) is 7.30. The summed E-state index contributed by atoms with van der Waals surface area (Å²) in [5.74, 6) is 4.98. The predicted molar refractivity (Wildman–Crippen MR) is 493 cm³/mol. The van der Waals surface area contributed by atoms with E-state index in [-0.39, 0.29) is 11.6 Å². The lowest BCUT2D eigenvalue weighted by Gasteiger charge is -2.34. The van der Waals surface area contributed by atoms with Crippen LogP contribution in [0.1, 0.15) is 66.8 Å². The van der Waals surface area contributed by atoms with Gasteiger partial charge in [0, 0.05) is 21.9 Å². The zero-order valence-corrected chi connectivity index (χ0v) is 66.3. The van der Waals surface area contributed by atoms with Crippen molar-refractivity contribution in [2.45, 2.75) is 10.8 Å². The van der Waals surface area contributed by atoms with E-state index in [4.69, 9.17) is 28.9 Å². The van der Waals surface area contributed by atoms with E-state index in [1.165, 1.54) is 24.3 Å². The lowest BCUT2D eigenvalue weighted by atomic mass is 9.67. The largest absolute Gasteiger partial charge is 0.457 e. The average molecular weight is 1580 g/mol. The molecule has 2 aliphatic carbocycles. The van der Waals surface area contributed by atoms with Gasteiger partial charge in [0.15, 0.2) is 0 Å². The maximum Gasteiger partial charge on any atom is 0.127 e. The van der Waals surface area contributed by atoms with Crippen molar-refractivity contribution in [2.24, 2.45) is 0 Å². The van der Waals surface area contributed by atoms with Crippen molar-refractivity contribution in [3.63, 3.8) is 0 Å². The molecule has 2 aromatic heterocycles. The number of thiophene rings is 1. The zero-order valence-electron chi connectivity index (χ0n) is 65.5. The fraction of sp³-hybridized carbons (Fsp3) is 0.0179. The molecular weight excluding hydrogens is 1510 g/mol. The second-order valence-corrected chi connectivity index (χ2v) is 31.6. The quantitative estimate of drug-likeness (QED) is 0.0709. The molecule has 17 aromatic carbocycles. The monoisotopic (exact) mass is 1580 g/mol. The molecule has 21 rings (SSSR count). The molecule has 0 radical (unpaired) electrons. The second kappa shape index (κ2) is 29.9. The first kappa shape index (κ1) is 73.2. The van der Waals surface area contributed by atoms with Crippen LogP contribution in [-0.4, -0.2) is 9.97 Å². The number of halogens is 2. The molecule has 0 N–H and O–H groups in total. The third-order valence-corrected chi connectivity index (χ3v) is 25.1. The van der Waals surface area contributed by atoms with Crippen molar-refractivity contribution in [2.75, 3.05) is 0 Å². The Morgan fingerprint density at radius 2 is 0.512 bits per heavy atom. The van der Waals surface area contributed by atoms with E-state index >= 15 is 0 Å². The highest BCUT2D eigenvalue weighted by molar-refractivity contribution is 7.21. The number of benzene rings is 17. The fourth-order valence-electron chi connectivity index (χ4n) is 18.2. The number of nitrogens with zero attached hydrogens (tertiary/aromatic N) is 2. The Hall–Kier alpha value is -15.4. The zero-order chi connectivity index (χ0) is 81.5. The van der Waals surface area contributed by atoms with Gasteiger partial charge in [0.25, 0.3) is 0 Å². The summed E-state index contributed by atoms with van der Waals surface area (Å²) < 4.78 is 56.0. The van der Waals surface area contributed by atoms with Gasteiger partial charge in [0.05, 0.1) is 31.6 Å². The molecule has 2 aliphatic rings. The van der Waals surface area contributed by atoms with Crippen LogP contribution in [0.2, 0.25) is 0 Å². The molecule has 0 unspecified atom stereocenters. The summed E-state index contributed by atoms with van der Waals surface area (Å²) in [7, 11) is 0. The Morgan fingerprint density at radius 1 is 0.248 bits per heavy atom. The third kappa shape index (κ3) is 12.5. The molecule has 19 aromatic rings. The molecule has 0 saturated carbocycles. The van der Waals surface area contributed by atoms with E-state index in [0.717, 1.165) is 165 Å². The number of hydrogen-bond donors (Lipinski definition) is 0. The van der Waals surface area contributed by atoms with Gasteiger partial charge in [-0.1, -0.05) is 281 Å². The minimum absolute atomic E-state index is 0.318. The van der Waals surface area contributed by atoms with Crippen LogP contribution in [0.4, 0.5) is 8.78 Å². The van der Waals surface area contributed by atoms with Crippen molar-refractivity contribution in [3.8, 4) is 111 Å². The van der Waals surface area contributed by atoms with Gasteiger partial charge in [-0.3, -0.25) is 0 Å². The van der Waals surface area contributed by atoms with Gasteiger partial charge in [0.1, 0.15) is 68.7 Å². The van der Waals surface area contributed by atoms with Crippen LogP contribution < -0.4 is 18.9 Å². The Kier molecular flexibility index (Phi) is 18.1. The highest BCUT2D eigenvalue weighted by atomic mass is 32.1. The molecule has 2 heterocycles. The molecule has 0 bridgehead atoms. The smallest absolute Gasteiger partial charge is 0.127 e. The molecule has 6 nitrogen and oxygen atoms in total. The second-order valence-electron chi connectivity index (χ2n) is 30.6. The number of ether oxygens (including phenoxy) is 4. The fourth-order valence-corrected chi connectivity index (χ4v) is 19.5. The first-order valence-electron chi connectivity index (χ1n) is 40.2. The summed E-state index contributed by atoms with van der Waals surface area (Å²) >= 11 is 1.71. The highest BCUT2D eigenvalue weighted by Gasteiger charge is 2.50. The molecule has 0 spiro atoms. The van der Waals surface area contributed by atoms with Gasteiger partial charge in [-0.25, -0.2) is 18.7 Å². The van der Waals surface area contributed by atoms with Crippen LogP contribution in [0, 0.1) is 11.6 Å². The summed E-state index contributed by atoms with van der Waals surface area (Å²) in [5.41, 5.74) is 23.3. The van der Waals surface area contributed by atoms with E-state index in [0.29, 0.717) is 57.0 Å². The molecule has 121 heavy (non-hydrogen) atoms. The number of aromatic nitrogens is 2. The van der Waals surface area contributed by atoms with E-state index in [1.54, 1.807) is 11.3 Å². The van der Waals surface area contributed by atoms with Crippen LogP contribution in [0.25, 0.3) is 133 Å². The van der Waals surface area contributed by atoms with Crippen molar-refractivity contribution in [1.82, 2.24) is 9.97 Å². The molecule has 0 amide bonds. The minimum Gasteiger partial charge on any atom is -0.457 e. The molecule has 574 valence electrons. The van der Waals surface area contributed by atoms with Crippen molar-refractivity contribution in [1.29, 1.82) is 0 Å². The Bertz CT molecular complexity index is 6720. The first-order valence-corrected chi connectivity index (χ1v) is 41.0. The molecule has 9 heteroatoms. The van der Waals surface area contributed by atoms with Crippen LogP contribution in [0.15, 0.2) is 390 Å². The van der Waals surface area contributed by atoms with Gasteiger partial charge >= 0.3 is 0 Å². The summed E-state index contributed by atoms with van der Waals surface area (Å²) in [6, 6.07) is 123. The predicted octanol–water partition coefficient (Wildman–Crippen LogP) is 30.6. The number of hydrogen-bond acceptors (Lipinski definition) is 7. The summed E-state index contributed by atoms with van der Waals surface area (Å²) in [6.45, 7) is 15.9.